The number of fused-ring (bicyclic) bond motifs is 7. The molecule has 266 valence electrons. The van der Waals surface area contributed by atoms with Crippen LogP contribution in [0, 0.1) is 0 Å². The normalized spacial score (nSPS) is 13.6. The lowest BCUT2D eigenvalue weighted by molar-refractivity contribution is 0.620. The van der Waals surface area contributed by atoms with Gasteiger partial charge in [-0.05, 0) is 86.0 Å². The zero-order valence-electron chi connectivity index (χ0n) is 31.2. The summed E-state index contributed by atoms with van der Waals surface area (Å²) in [7, 11) is 0. The van der Waals surface area contributed by atoms with Crippen molar-refractivity contribution in [2.24, 2.45) is 0 Å². The number of hydrogen-bond donors (Lipinski definition) is 0. The number of rotatable bonds is 6. The SMILES string of the molecule is CC1(C)c2ccccc2-c2ccc(C(c3ccc(-c4ccc(-c5ccccc5)cc4)cc3)c3cccc4c3oc3ccc(-c5nc6ccccc6o5)cc34)cc21. The van der Waals surface area contributed by atoms with Gasteiger partial charge in [0.15, 0.2) is 5.58 Å². The van der Waals surface area contributed by atoms with Crippen molar-refractivity contribution in [3.05, 3.63) is 210 Å². The second-order valence-corrected chi connectivity index (χ2v) is 15.5. The average Bonchev–Trinajstić information content (AvgIpc) is 3.92. The highest BCUT2D eigenvalue weighted by Crippen LogP contribution is 2.50. The maximum absolute atomic E-state index is 6.83. The summed E-state index contributed by atoms with van der Waals surface area (Å²) in [5, 5.41) is 2.12. The van der Waals surface area contributed by atoms with E-state index in [4.69, 9.17) is 13.8 Å². The Balaban J connectivity index is 1.04. The van der Waals surface area contributed by atoms with Gasteiger partial charge >= 0.3 is 0 Å². The highest BCUT2D eigenvalue weighted by atomic mass is 16.3. The zero-order chi connectivity index (χ0) is 37.4. The van der Waals surface area contributed by atoms with Gasteiger partial charge in [0.2, 0.25) is 5.89 Å². The molecule has 1 aliphatic rings. The number of nitrogens with zero attached hydrogens (tertiary/aromatic N) is 1. The molecule has 3 nitrogen and oxygen atoms in total. The third kappa shape index (κ3) is 5.16. The van der Waals surface area contributed by atoms with Crippen LogP contribution in [0.5, 0.6) is 0 Å². The van der Waals surface area contributed by atoms with Crippen LogP contribution in [-0.4, -0.2) is 4.98 Å². The number of aromatic nitrogens is 1. The first-order valence-electron chi connectivity index (χ1n) is 19.3. The summed E-state index contributed by atoms with van der Waals surface area (Å²) in [6, 6.07) is 65.2. The molecule has 0 N–H and O–H groups in total. The molecule has 0 spiro atoms. The number of benzene rings is 8. The van der Waals surface area contributed by atoms with E-state index in [2.05, 4.69) is 159 Å². The molecule has 11 rings (SSSR count). The molecule has 8 aromatic carbocycles. The van der Waals surface area contributed by atoms with Crippen molar-refractivity contribution in [3.63, 3.8) is 0 Å². The van der Waals surface area contributed by atoms with Crippen LogP contribution in [0.15, 0.2) is 191 Å². The molecule has 2 aromatic heterocycles. The number of oxazole rings is 1. The van der Waals surface area contributed by atoms with Crippen LogP contribution in [0.1, 0.15) is 47.6 Å². The highest BCUT2D eigenvalue weighted by molar-refractivity contribution is 6.07. The summed E-state index contributed by atoms with van der Waals surface area (Å²) in [4.78, 5) is 4.78. The van der Waals surface area contributed by atoms with Gasteiger partial charge in [0.1, 0.15) is 16.7 Å². The molecule has 0 fully saturated rings. The van der Waals surface area contributed by atoms with E-state index in [9.17, 15) is 0 Å². The van der Waals surface area contributed by atoms with E-state index in [0.717, 1.165) is 44.2 Å². The highest BCUT2D eigenvalue weighted by Gasteiger charge is 2.36. The predicted molar refractivity (Wildman–Crippen MR) is 229 cm³/mol. The van der Waals surface area contributed by atoms with Crippen molar-refractivity contribution in [3.8, 4) is 44.8 Å². The molecule has 0 amide bonds. The first-order valence-corrected chi connectivity index (χ1v) is 19.3. The van der Waals surface area contributed by atoms with Gasteiger partial charge in [-0.3, -0.25) is 0 Å². The molecule has 56 heavy (non-hydrogen) atoms. The van der Waals surface area contributed by atoms with Crippen LogP contribution in [0.25, 0.3) is 77.9 Å². The van der Waals surface area contributed by atoms with E-state index in [0.29, 0.717) is 5.89 Å². The van der Waals surface area contributed by atoms with Gasteiger partial charge in [-0.25, -0.2) is 4.98 Å². The van der Waals surface area contributed by atoms with Crippen LogP contribution >= 0.6 is 0 Å². The fourth-order valence-corrected chi connectivity index (χ4v) is 8.98. The summed E-state index contributed by atoms with van der Waals surface area (Å²) in [6.07, 6.45) is 0. The number of para-hydroxylation sites is 3. The van der Waals surface area contributed by atoms with Crippen molar-refractivity contribution in [2.75, 3.05) is 0 Å². The predicted octanol–water partition coefficient (Wildman–Crippen LogP) is 14.2. The Labute approximate surface area is 325 Å². The molecule has 3 heteroatoms. The zero-order valence-corrected chi connectivity index (χ0v) is 31.2. The van der Waals surface area contributed by atoms with Crippen LogP contribution in [0.4, 0.5) is 0 Å². The van der Waals surface area contributed by atoms with Gasteiger partial charge in [-0.15, -0.1) is 0 Å². The summed E-state index contributed by atoms with van der Waals surface area (Å²) in [5.41, 5.74) is 17.9. The van der Waals surface area contributed by atoms with Crippen LogP contribution < -0.4 is 0 Å². The second kappa shape index (κ2) is 12.5. The second-order valence-electron chi connectivity index (χ2n) is 15.5. The number of hydrogen-bond acceptors (Lipinski definition) is 3. The fraction of sp³-hybridized carbons (Fsp3) is 0.0755. The molecule has 0 bridgehead atoms. The van der Waals surface area contributed by atoms with E-state index in [1.54, 1.807) is 0 Å². The van der Waals surface area contributed by atoms with Crippen molar-refractivity contribution >= 4 is 33.0 Å². The van der Waals surface area contributed by atoms with Crippen molar-refractivity contribution in [1.29, 1.82) is 0 Å². The molecule has 0 saturated heterocycles. The van der Waals surface area contributed by atoms with Crippen molar-refractivity contribution in [1.82, 2.24) is 4.98 Å². The standard InChI is InChI=1S/C53H37NO2/c1-53(2)45-16-7-6-13-40(45)41-29-27-38(32-46(41)53)50(37-25-23-36(24-26-37)35-21-19-34(20-22-35)33-11-4-3-5-12-33)43-15-10-14-42-44-31-39(28-30-48(44)55-51(42)43)52-54-47-17-8-9-18-49(47)56-52/h3-32,50H,1-2H3. The molecule has 0 aliphatic heterocycles. The molecular formula is C53H37NO2. The molecule has 1 atom stereocenters. The molecule has 1 aliphatic carbocycles. The van der Waals surface area contributed by atoms with E-state index in [1.165, 1.54) is 55.6 Å². The first kappa shape index (κ1) is 32.5. The maximum atomic E-state index is 6.83. The lowest BCUT2D eigenvalue weighted by atomic mass is 9.78. The molecule has 0 radical (unpaired) electrons. The minimum Gasteiger partial charge on any atom is -0.456 e. The lowest BCUT2D eigenvalue weighted by Gasteiger charge is -2.25. The average molecular weight is 720 g/mol. The molecule has 0 saturated carbocycles. The van der Waals surface area contributed by atoms with Gasteiger partial charge in [0.05, 0.1) is 0 Å². The van der Waals surface area contributed by atoms with Gasteiger partial charge in [-0.1, -0.05) is 166 Å². The summed E-state index contributed by atoms with van der Waals surface area (Å²) in [6.45, 7) is 4.70. The third-order valence-electron chi connectivity index (χ3n) is 11.9. The van der Waals surface area contributed by atoms with Crippen molar-refractivity contribution in [2.45, 2.75) is 25.2 Å². The largest absolute Gasteiger partial charge is 0.456 e. The van der Waals surface area contributed by atoms with E-state index in [1.807, 2.05) is 36.4 Å². The van der Waals surface area contributed by atoms with Gasteiger partial charge < -0.3 is 8.83 Å². The van der Waals surface area contributed by atoms with Crippen LogP contribution in [-0.2, 0) is 5.41 Å². The quantitative estimate of drug-likeness (QED) is 0.161. The minimum absolute atomic E-state index is 0.0740. The number of furan rings is 1. The van der Waals surface area contributed by atoms with E-state index >= 15 is 0 Å². The lowest BCUT2D eigenvalue weighted by Crippen LogP contribution is -2.15. The van der Waals surface area contributed by atoms with Crippen LogP contribution in [0.3, 0.4) is 0 Å². The monoisotopic (exact) mass is 719 g/mol. The Kier molecular flexibility index (Phi) is 7.27. The summed E-state index contributed by atoms with van der Waals surface area (Å²) < 4.78 is 13.0. The minimum atomic E-state index is -0.116. The van der Waals surface area contributed by atoms with Gasteiger partial charge in [-0.2, -0.15) is 0 Å². The van der Waals surface area contributed by atoms with E-state index < -0.39 is 0 Å². The summed E-state index contributed by atoms with van der Waals surface area (Å²) >= 11 is 0. The fourth-order valence-electron chi connectivity index (χ4n) is 8.98. The third-order valence-corrected chi connectivity index (χ3v) is 11.9. The molecule has 1 unspecified atom stereocenters. The van der Waals surface area contributed by atoms with Gasteiger partial charge in [0, 0.05) is 33.2 Å². The Morgan fingerprint density at radius 3 is 1.88 bits per heavy atom. The van der Waals surface area contributed by atoms with Gasteiger partial charge in [0.25, 0.3) is 0 Å². The first-order chi connectivity index (χ1) is 27.5. The van der Waals surface area contributed by atoms with Crippen LogP contribution in [0.2, 0.25) is 0 Å². The maximum Gasteiger partial charge on any atom is 0.227 e. The molecular weight excluding hydrogens is 683 g/mol. The Morgan fingerprint density at radius 1 is 0.446 bits per heavy atom. The smallest absolute Gasteiger partial charge is 0.227 e. The van der Waals surface area contributed by atoms with Crippen molar-refractivity contribution < 1.29 is 8.83 Å². The summed E-state index contributed by atoms with van der Waals surface area (Å²) in [5.74, 6) is 0.531. The Morgan fingerprint density at radius 2 is 1.09 bits per heavy atom. The van der Waals surface area contributed by atoms with E-state index in [-0.39, 0.29) is 11.3 Å². The Hall–Kier alpha value is -6.97. The molecule has 2 heterocycles. The topological polar surface area (TPSA) is 39.2 Å². The molecule has 10 aromatic rings. The Bertz CT molecular complexity index is 3060.